The molecule has 0 saturated carbocycles. The second-order valence-electron chi connectivity index (χ2n) is 36.9. The zero-order chi connectivity index (χ0) is 107. The predicted molar refractivity (Wildman–Crippen MR) is 546 cm³/mol. The summed E-state index contributed by atoms with van der Waals surface area (Å²) in [6.07, 6.45) is 8.48. The predicted octanol–water partition coefficient (Wildman–Crippen LogP) is 21.7. The maximum absolute atomic E-state index is 13.2. The Hall–Kier alpha value is -14.9. The molecule has 4 aliphatic heterocycles. The number of benzene rings is 5. The lowest BCUT2D eigenvalue weighted by Gasteiger charge is -2.29. The fourth-order valence-corrected chi connectivity index (χ4v) is 19.3. The number of halogens is 16. The van der Waals surface area contributed by atoms with Crippen molar-refractivity contribution in [3.8, 4) is 0 Å². The van der Waals surface area contributed by atoms with Crippen molar-refractivity contribution in [3.63, 3.8) is 0 Å². The Bertz CT molecular complexity index is 6890. The number of hydrogen-bond acceptors (Lipinski definition) is 26. The molecule has 12 heterocycles. The third-order valence-electron chi connectivity index (χ3n) is 25.8. The third-order valence-corrected chi connectivity index (χ3v) is 27.2. The second kappa shape index (κ2) is 45.7. The first kappa shape index (κ1) is 108. The Morgan fingerprint density at radius 3 is 1.49 bits per heavy atom. The molecule has 2 amide bonds. The molecule has 48 heteroatoms. The quantitative estimate of drug-likeness (QED) is 0.0203. The highest BCUT2D eigenvalue weighted by Crippen LogP contribution is 2.44. The van der Waals surface area contributed by atoms with E-state index in [4.69, 9.17) is 49.7 Å². The molecule has 20 rings (SSSR count). The summed E-state index contributed by atoms with van der Waals surface area (Å²) in [5, 5.41) is 32.1. The summed E-state index contributed by atoms with van der Waals surface area (Å²) in [7, 11) is 0. The van der Waals surface area contributed by atoms with Crippen molar-refractivity contribution >= 4 is 141 Å². The molecule has 13 aromatic rings. The van der Waals surface area contributed by atoms with Gasteiger partial charge in [-0.2, -0.15) is 80.6 Å². The van der Waals surface area contributed by atoms with Crippen molar-refractivity contribution < 1.29 is 84.9 Å². The number of carbonyl (C=O) groups is 2. The van der Waals surface area contributed by atoms with Crippen LogP contribution in [0.2, 0.25) is 0 Å². The number of allylic oxidation sites excluding steroid dienone is 6. The Balaban J connectivity index is 0.000000134. The first-order valence-electron chi connectivity index (χ1n) is 48.2. The summed E-state index contributed by atoms with van der Waals surface area (Å²) in [4.78, 5) is 65.2. The summed E-state index contributed by atoms with van der Waals surface area (Å²) >= 11 is 7.73. The van der Waals surface area contributed by atoms with Gasteiger partial charge in [0.1, 0.15) is 47.7 Å². The molecule has 0 spiro atoms. The molecule has 7 aliphatic rings. The van der Waals surface area contributed by atoms with E-state index >= 15 is 0 Å². The number of alkyl halides is 15. The minimum Gasteiger partial charge on any atom is -0.399 e. The lowest BCUT2D eigenvalue weighted by Crippen LogP contribution is -2.52. The second-order valence-corrected chi connectivity index (χ2v) is 38.3. The van der Waals surface area contributed by atoms with Gasteiger partial charge in [0.2, 0.25) is 0 Å². The number of aromatic nitrogens is 12. The molecule has 150 heavy (non-hydrogen) atoms. The average Bonchev–Trinajstić information content (AvgIpc) is 1.81. The maximum Gasteiger partial charge on any atom is 0.416 e. The number of thiophene rings is 1. The summed E-state index contributed by atoms with van der Waals surface area (Å²) in [5.41, 5.74) is 34.7. The van der Waals surface area contributed by atoms with Crippen LogP contribution in [0, 0.1) is 0 Å². The van der Waals surface area contributed by atoms with Crippen molar-refractivity contribution in [2.45, 2.75) is 185 Å². The van der Waals surface area contributed by atoms with Gasteiger partial charge in [-0.3, -0.25) is 14.6 Å². The maximum atomic E-state index is 13.2. The number of amides is 2. The minimum atomic E-state index is -4.52. The van der Waals surface area contributed by atoms with Gasteiger partial charge in [0.05, 0.1) is 112 Å². The van der Waals surface area contributed by atoms with E-state index in [-0.39, 0.29) is 45.5 Å². The molecule has 0 bridgehead atoms. The standard InChI is InChI=1S/C21H22F3N5.C21H21F3N4S.C20H22ClF3N6O2.C20H21F3N6O2.C20H21F3N6/c1-13(15-9-16(21(22,23)24)11-17(25)10-15)27-19-7-8-26-20-12-18(28-29(19)20)14-5-3-2-4-6-14;1-12(14-7-15(21(22,23)24)9-16(25)8-14)28-20-19-17(26-11-27-20)10-18(29-19)13-5-3-2-4-6-13;1-10(11-6-12(20(22,23)24)8-13(25)7-11)26-17-16-14(28-19(21)29-17)9-15(27-16)18(31)30-2-4-32-5-3-30;1-12(13-6-15(20(21,22)23)9-16(24)7-13)27-18-17-8-14(10-29(17)26-11-25-18)19(30)28-2-4-31-5-3-28;1-12(14-9-15(20(21,22)23)11-16(24)10-14)26-18-19-27-17(13-5-3-2-4-6-13)28-29(19)8-7-25-18/h5,7-13,27H,2-4,6,25H2,1H3;5,7-12H,2-4,6,25H2,1H3,(H,26,27,28);6-10,14,16,27H,2-5,25H2,1H3,(H,26,28,29);6-12H,2-5,24H2,1H3,(H,25,26,27);5,7-12H,2-4,6,24H2,1H3,(H,25,26)/t13-;12-;10-,14?,16?;2*12-/m11111/s1. The highest BCUT2D eigenvalue weighted by atomic mass is 35.5. The number of hydrogen-bond donors (Lipinski definition) is 11. The average molecular weight is 2130 g/mol. The summed E-state index contributed by atoms with van der Waals surface area (Å²) < 4.78 is 213. The topological polar surface area (TPSA) is 415 Å². The molecule has 5 aromatic carbocycles. The number of ether oxygens (including phenoxy) is 2. The number of nitrogens with zero attached hydrogens (tertiary/aromatic N) is 16. The lowest BCUT2D eigenvalue weighted by atomic mass is 9.97. The smallest absolute Gasteiger partial charge is 0.399 e. The van der Waals surface area contributed by atoms with Gasteiger partial charge in [-0.15, -0.1) is 16.4 Å². The van der Waals surface area contributed by atoms with Gasteiger partial charge in [0.15, 0.2) is 34.0 Å². The van der Waals surface area contributed by atoms with Crippen LogP contribution in [0.1, 0.15) is 224 Å². The van der Waals surface area contributed by atoms with Gasteiger partial charge >= 0.3 is 30.9 Å². The van der Waals surface area contributed by atoms with E-state index in [1.54, 1.807) is 120 Å². The normalized spacial score (nSPS) is 17.9. The number of amidine groups is 2. The van der Waals surface area contributed by atoms with E-state index in [1.165, 1.54) is 77.1 Å². The fraction of sp³-hybridized carbons (Fsp3) is 0.363. The van der Waals surface area contributed by atoms with Gasteiger partial charge < -0.3 is 79.8 Å². The van der Waals surface area contributed by atoms with Gasteiger partial charge in [0.25, 0.3) is 11.8 Å². The highest BCUT2D eigenvalue weighted by molar-refractivity contribution is 7.20. The van der Waals surface area contributed by atoms with E-state index in [1.807, 2.05) is 6.07 Å². The molecular weight excluding hydrogens is 2020 g/mol. The van der Waals surface area contributed by atoms with E-state index in [0.717, 1.165) is 134 Å². The van der Waals surface area contributed by atoms with Crippen LogP contribution in [0.3, 0.4) is 0 Å². The molecule has 2 saturated heterocycles. The molecule has 7 atom stereocenters. The van der Waals surface area contributed by atoms with Crippen LogP contribution in [0.25, 0.3) is 43.7 Å². The molecule has 8 aromatic heterocycles. The Morgan fingerprint density at radius 1 is 0.500 bits per heavy atom. The summed E-state index contributed by atoms with van der Waals surface area (Å²) in [5.74, 6) is 2.83. The Kier molecular flexibility index (Phi) is 32.8. The number of morpholine rings is 2. The largest absolute Gasteiger partial charge is 0.416 e. The van der Waals surface area contributed by atoms with Gasteiger partial charge in [-0.1, -0.05) is 18.2 Å². The molecule has 2 fully saturated rings. The molecule has 0 radical (unpaired) electrons. The van der Waals surface area contributed by atoms with Crippen molar-refractivity contribution in [2.24, 2.45) is 9.98 Å². The molecule has 792 valence electrons. The van der Waals surface area contributed by atoms with Crippen molar-refractivity contribution in [1.82, 2.24) is 79.2 Å². The number of fused-ring (bicyclic) bond motifs is 5. The first-order chi connectivity index (χ1) is 71.3. The van der Waals surface area contributed by atoms with E-state index in [9.17, 15) is 75.4 Å². The molecule has 16 N–H and O–H groups in total. The minimum absolute atomic E-state index is 0.00463. The van der Waals surface area contributed by atoms with E-state index in [0.29, 0.717) is 143 Å². The lowest BCUT2D eigenvalue weighted by molar-refractivity contribution is -0.138. The number of nitrogen functional groups attached to an aromatic ring is 5. The van der Waals surface area contributed by atoms with Gasteiger partial charge in [-0.05, 0) is 283 Å². The van der Waals surface area contributed by atoms with Crippen molar-refractivity contribution in [2.75, 3.05) is 103 Å². The number of rotatable bonds is 19. The summed E-state index contributed by atoms with van der Waals surface area (Å²) in [6.45, 7) is 12.6. The third kappa shape index (κ3) is 26.7. The van der Waals surface area contributed by atoms with E-state index < -0.39 is 101 Å². The van der Waals surface area contributed by atoms with E-state index in [2.05, 4.69) is 111 Å². The SMILES string of the molecule is C[C@@H](N=C1NC(Cl)=NC2C=C(C(=O)N3CCOCC3)NC12)c1cc(N)cc(C(F)(F)F)c1.C[C@@H](Nc1ccnc2cc(C3=CCCCC3)nn12)c1cc(N)cc(C(F)(F)F)c1.C[C@@H](Nc1nccn2nc(C3=CCCCC3)nc12)c1cc(N)cc(C(F)(F)F)c1.C[C@@H](Nc1ncnc2cc(C3=CCCCC3)sc12)c1cc(N)cc(C(F)(F)F)c1.C[C@@H](Nc1ncnn2cc(C(=O)N3CCOCC3)cc12)c1cc(N)cc(C(F)(F)F)c1. The van der Waals surface area contributed by atoms with Crippen LogP contribution in [-0.2, 0) is 45.1 Å². The van der Waals surface area contributed by atoms with Crippen LogP contribution in [0.5, 0.6) is 0 Å². The Morgan fingerprint density at radius 2 is 0.973 bits per heavy atom. The van der Waals surface area contributed by atoms with Crippen LogP contribution in [0.15, 0.2) is 193 Å². The molecule has 31 nitrogen and oxygen atoms in total. The molecule has 3 aliphatic carbocycles. The fourth-order valence-electron chi connectivity index (χ4n) is 17.9. The molecular formula is C102H107ClF15N27O4S. The number of anilines is 9. The summed E-state index contributed by atoms with van der Waals surface area (Å²) in [6, 6.07) is 21.6. The van der Waals surface area contributed by atoms with Gasteiger partial charge in [0, 0.05) is 90.3 Å². The monoisotopic (exact) mass is 2130 g/mol. The van der Waals surface area contributed by atoms with Crippen LogP contribution in [-0.4, -0.2) is 156 Å². The van der Waals surface area contributed by atoms with Crippen LogP contribution in [0.4, 0.5) is 118 Å². The van der Waals surface area contributed by atoms with Crippen LogP contribution < -0.4 is 60.6 Å². The first-order valence-corrected chi connectivity index (χ1v) is 49.4. The highest BCUT2D eigenvalue weighted by Gasteiger charge is 2.42. The van der Waals surface area contributed by atoms with Gasteiger partial charge in [-0.25, -0.2) is 43.9 Å². The van der Waals surface area contributed by atoms with Crippen molar-refractivity contribution in [3.05, 3.63) is 260 Å². The number of nitrogens with two attached hydrogens (primary N) is 5. The number of aliphatic imine (C=N–C) groups is 2. The zero-order valence-corrected chi connectivity index (χ0v) is 83.1. The zero-order valence-electron chi connectivity index (χ0n) is 81.6. The van der Waals surface area contributed by atoms with Crippen LogP contribution >= 0.6 is 22.9 Å². The Labute approximate surface area is 858 Å². The number of carbonyl (C=O) groups excluding carboxylic acids is 2. The molecule has 2 unspecified atom stereocenters. The van der Waals surface area contributed by atoms with Crippen molar-refractivity contribution in [1.29, 1.82) is 0 Å². The number of nitrogens with one attached hydrogen (secondary N) is 6.